The van der Waals surface area contributed by atoms with E-state index in [1.165, 1.54) is 0 Å². The van der Waals surface area contributed by atoms with E-state index in [4.69, 9.17) is 5.73 Å². The molecule has 1 heteroatoms. The molecule has 0 fully saturated rings. The first kappa shape index (κ1) is 9.33. The molecular formula is C12H13N. The topological polar surface area (TPSA) is 26.0 Å². The Morgan fingerprint density at radius 1 is 1.23 bits per heavy atom. The van der Waals surface area contributed by atoms with Crippen LogP contribution >= 0.6 is 0 Å². The fourth-order valence-electron chi connectivity index (χ4n) is 1.15. The molecule has 13 heavy (non-hydrogen) atoms. The summed E-state index contributed by atoms with van der Waals surface area (Å²) in [7, 11) is 0. The van der Waals surface area contributed by atoms with E-state index in [1.807, 2.05) is 24.3 Å². The molecule has 0 radical (unpaired) electrons. The molecule has 1 rings (SSSR count). The van der Waals surface area contributed by atoms with E-state index in [-0.39, 0.29) is 0 Å². The van der Waals surface area contributed by atoms with Crippen molar-refractivity contribution in [3.63, 3.8) is 0 Å². The van der Waals surface area contributed by atoms with Crippen molar-refractivity contribution in [2.75, 3.05) is 0 Å². The second-order valence-electron chi connectivity index (χ2n) is 2.65. The van der Waals surface area contributed by atoms with Crippen LogP contribution in [0.25, 0.3) is 11.8 Å². The van der Waals surface area contributed by atoms with Gasteiger partial charge < -0.3 is 5.73 Å². The molecule has 0 unspecified atom stereocenters. The van der Waals surface area contributed by atoms with E-state index in [1.54, 1.807) is 18.2 Å². The molecule has 1 nitrogen and oxygen atoms in total. The van der Waals surface area contributed by atoms with Gasteiger partial charge in [-0.1, -0.05) is 49.6 Å². The number of hydrogen-bond donors (Lipinski definition) is 1. The van der Waals surface area contributed by atoms with Gasteiger partial charge in [0.05, 0.1) is 0 Å². The van der Waals surface area contributed by atoms with Gasteiger partial charge in [-0.3, -0.25) is 0 Å². The monoisotopic (exact) mass is 171 g/mol. The average Bonchev–Trinajstić information content (AvgIpc) is 2.18. The Bertz CT molecular complexity index is 348. The summed E-state index contributed by atoms with van der Waals surface area (Å²) in [5, 5.41) is 0. The van der Waals surface area contributed by atoms with Crippen molar-refractivity contribution in [2.24, 2.45) is 5.73 Å². The van der Waals surface area contributed by atoms with Gasteiger partial charge in [-0.15, -0.1) is 0 Å². The molecular weight excluding hydrogens is 158 g/mol. The Labute approximate surface area is 78.9 Å². The van der Waals surface area contributed by atoms with Crippen molar-refractivity contribution in [1.29, 1.82) is 0 Å². The van der Waals surface area contributed by atoms with Gasteiger partial charge in [0.2, 0.25) is 0 Å². The molecule has 0 aliphatic heterocycles. The van der Waals surface area contributed by atoms with Crippen LogP contribution in [-0.2, 0) is 0 Å². The van der Waals surface area contributed by atoms with E-state index in [0.717, 1.165) is 11.1 Å². The number of benzene rings is 1. The smallest absolute Gasteiger partial charge is 0.0393 e. The highest BCUT2D eigenvalue weighted by atomic mass is 14.6. The van der Waals surface area contributed by atoms with Gasteiger partial charge in [-0.05, 0) is 11.6 Å². The Morgan fingerprint density at radius 2 is 1.92 bits per heavy atom. The summed E-state index contributed by atoms with van der Waals surface area (Å²) >= 11 is 0. The predicted molar refractivity (Wildman–Crippen MR) is 58.9 cm³/mol. The van der Waals surface area contributed by atoms with Gasteiger partial charge in [0.1, 0.15) is 0 Å². The van der Waals surface area contributed by atoms with Crippen LogP contribution in [-0.4, -0.2) is 0 Å². The number of hydrogen-bond acceptors (Lipinski definition) is 1. The largest absolute Gasteiger partial charge is 0.398 e. The first-order valence-electron chi connectivity index (χ1n) is 4.09. The summed E-state index contributed by atoms with van der Waals surface area (Å²) in [6.07, 6.45) is 5.25. The molecule has 1 aromatic rings. The molecule has 0 saturated carbocycles. The summed E-state index contributed by atoms with van der Waals surface area (Å²) < 4.78 is 0. The highest BCUT2D eigenvalue weighted by molar-refractivity contribution is 5.72. The van der Waals surface area contributed by atoms with Crippen molar-refractivity contribution in [2.45, 2.75) is 0 Å². The first-order chi connectivity index (χ1) is 6.29. The van der Waals surface area contributed by atoms with E-state index < -0.39 is 0 Å². The molecule has 0 heterocycles. The second kappa shape index (κ2) is 4.31. The van der Waals surface area contributed by atoms with Crippen molar-refractivity contribution in [1.82, 2.24) is 0 Å². The van der Waals surface area contributed by atoms with Crippen molar-refractivity contribution in [3.8, 4) is 0 Å². The zero-order valence-electron chi connectivity index (χ0n) is 7.53. The number of rotatable bonds is 3. The zero-order chi connectivity index (χ0) is 9.68. The molecule has 2 N–H and O–H groups in total. The van der Waals surface area contributed by atoms with Crippen LogP contribution in [0.15, 0.2) is 49.6 Å². The maximum atomic E-state index is 5.82. The lowest BCUT2D eigenvalue weighted by Crippen LogP contribution is -1.97. The Balaban J connectivity index is 3.20. The maximum Gasteiger partial charge on any atom is 0.0393 e. The molecule has 66 valence electrons. The summed E-state index contributed by atoms with van der Waals surface area (Å²) in [6, 6.07) is 7.85. The number of allylic oxidation sites excluding steroid dienone is 2. The summed E-state index contributed by atoms with van der Waals surface area (Å²) in [5.74, 6) is 0. The Morgan fingerprint density at radius 3 is 2.54 bits per heavy atom. The lowest BCUT2D eigenvalue weighted by molar-refractivity contribution is 1.49. The van der Waals surface area contributed by atoms with E-state index in [0.29, 0.717) is 5.70 Å². The zero-order valence-corrected chi connectivity index (χ0v) is 7.53. The standard InChI is InChI=1S/C12H13N/c1-3-7-12(13)11-9-6-5-8-10(11)4-2/h3-9H,1-2,13H2/b12-7+. The highest BCUT2D eigenvalue weighted by Crippen LogP contribution is 2.15. The van der Waals surface area contributed by atoms with Crippen LogP contribution in [0.3, 0.4) is 0 Å². The number of nitrogens with two attached hydrogens (primary N) is 1. The maximum absolute atomic E-state index is 5.82. The fourth-order valence-corrected chi connectivity index (χ4v) is 1.15. The molecule has 0 aliphatic rings. The molecule has 0 aliphatic carbocycles. The fraction of sp³-hybridized carbons (Fsp3) is 0. The summed E-state index contributed by atoms with van der Waals surface area (Å²) in [5.41, 5.74) is 8.57. The summed E-state index contributed by atoms with van der Waals surface area (Å²) in [6.45, 7) is 7.32. The van der Waals surface area contributed by atoms with Crippen LogP contribution in [0, 0.1) is 0 Å². The van der Waals surface area contributed by atoms with Crippen LogP contribution < -0.4 is 5.73 Å². The normalized spacial score (nSPS) is 10.9. The quantitative estimate of drug-likeness (QED) is 0.695. The van der Waals surface area contributed by atoms with Crippen molar-refractivity contribution < 1.29 is 0 Å². The first-order valence-corrected chi connectivity index (χ1v) is 4.09. The highest BCUT2D eigenvalue weighted by Gasteiger charge is 1.98. The Hall–Kier alpha value is -1.76. The van der Waals surface area contributed by atoms with Crippen LogP contribution in [0.5, 0.6) is 0 Å². The van der Waals surface area contributed by atoms with Crippen LogP contribution in [0.4, 0.5) is 0 Å². The predicted octanol–water partition coefficient (Wildman–Crippen LogP) is 2.82. The van der Waals surface area contributed by atoms with Crippen molar-refractivity contribution >= 4 is 11.8 Å². The third kappa shape index (κ3) is 2.09. The minimum absolute atomic E-state index is 0.713. The minimum Gasteiger partial charge on any atom is -0.398 e. The third-order valence-corrected chi connectivity index (χ3v) is 1.79. The SMILES string of the molecule is C=C/C=C(/N)c1ccccc1C=C. The molecule has 0 atom stereocenters. The van der Waals surface area contributed by atoms with Crippen LogP contribution in [0.1, 0.15) is 11.1 Å². The lowest BCUT2D eigenvalue weighted by atomic mass is 10.0. The van der Waals surface area contributed by atoms with E-state index in [9.17, 15) is 0 Å². The molecule has 0 bridgehead atoms. The molecule has 0 spiro atoms. The minimum atomic E-state index is 0.713. The van der Waals surface area contributed by atoms with Crippen molar-refractivity contribution in [3.05, 3.63) is 60.7 Å². The Kier molecular flexibility index (Phi) is 3.09. The van der Waals surface area contributed by atoms with Gasteiger partial charge in [-0.2, -0.15) is 0 Å². The third-order valence-electron chi connectivity index (χ3n) is 1.79. The van der Waals surface area contributed by atoms with Crippen LogP contribution in [0.2, 0.25) is 0 Å². The van der Waals surface area contributed by atoms with Gasteiger partial charge in [0.15, 0.2) is 0 Å². The van der Waals surface area contributed by atoms with E-state index in [2.05, 4.69) is 13.2 Å². The summed E-state index contributed by atoms with van der Waals surface area (Å²) in [4.78, 5) is 0. The van der Waals surface area contributed by atoms with Gasteiger partial charge in [0.25, 0.3) is 0 Å². The van der Waals surface area contributed by atoms with Gasteiger partial charge in [0, 0.05) is 11.3 Å². The van der Waals surface area contributed by atoms with Gasteiger partial charge >= 0.3 is 0 Å². The molecule has 0 saturated heterocycles. The molecule has 0 amide bonds. The average molecular weight is 171 g/mol. The van der Waals surface area contributed by atoms with E-state index >= 15 is 0 Å². The second-order valence-corrected chi connectivity index (χ2v) is 2.65. The van der Waals surface area contributed by atoms with Gasteiger partial charge in [-0.25, -0.2) is 0 Å². The lowest BCUT2D eigenvalue weighted by Gasteiger charge is -2.04. The molecule has 0 aromatic heterocycles. The molecule has 1 aromatic carbocycles.